The number of halogens is 5. The Balaban J connectivity index is 1.89. The molecule has 0 saturated carbocycles. The van der Waals surface area contributed by atoms with Crippen molar-refractivity contribution in [3.8, 4) is 0 Å². The average Bonchev–Trinajstić information content (AvgIpc) is 3.10. The van der Waals surface area contributed by atoms with Gasteiger partial charge in [-0.05, 0) is 36.1 Å². The van der Waals surface area contributed by atoms with Crippen molar-refractivity contribution in [3.05, 3.63) is 79.3 Å². The van der Waals surface area contributed by atoms with Crippen LogP contribution in [0.3, 0.4) is 0 Å². The highest BCUT2D eigenvalue weighted by molar-refractivity contribution is 6.33. The number of hydrogen-bond donors (Lipinski definition) is 1. The molecule has 0 bridgehead atoms. The molecular weight excluding hydrogens is 416 g/mol. The molecule has 2 aromatic carbocycles. The van der Waals surface area contributed by atoms with Crippen molar-refractivity contribution in [2.45, 2.75) is 24.6 Å². The monoisotopic (exact) mass is 428 g/mol. The SMILES string of the molecule is O=[N+]([O-])c1ccc(Cl)c([C@@H]2Nc3c(Cl)ccc(C(F)(F)F)c3[C@@H]3C=CC[C@H]32)c1. The van der Waals surface area contributed by atoms with Gasteiger partial charge in [-0.15, -0.1) is 0 Å². The first kappa shape index (κ1) is 19.1. The second-order valence-electron chi connectivity index (χ2n) is 6.82. The Morgan fingerprint density at radius 3 is 2.54 bits per heavy atom. The van der Waals surface area contributed by atoms with E-state index in [2.05, 4.69) is 5.32 Å². The molecule has 0 unspecified atom stereocenters. The van der Waals surface area contributed by atoms with Gasteiger partial charge in [0.1, 0.15) is 0 Å². The van der Waals surface area contributed by atoms with Gasteiger partial charge in [0.15, 0.2) is 0 Å². The zero-order chi connectivity index (χ0) is 20.2. The van der Waals surface area contributed by atoms with Crippen LogP contribution in [0.15, 0.2) is 42.5 Å². The minimum Gasteiger partial charge on any atom is -0.376 e. The molecule has 0 aromatic heterocycles. The third-order valence-corrected chi connectivity index (χ3v) is 5.96. The number of nitrogens with one attached hydrogen (secondary N) is 1. The maximum Gasteiger partial charge on any atom is 0.416 e. The molecule has 0 radical (unpaired) electrons. The fourth-order valence-corrected chi connectivity index (χ4v) is 4.57. The number of allylic oxidation sites excluding steroid dienone is 2. The molecule has 2 aliphatic rings. The molecule has 3 atom stereocenters. The van der Waals surface area contributed by atoms with Crippen LogP contribution in [0.5, 0.6) is 0 Å². The lowest BCUT2D eigenvalue weighted by molar-refractivity contribution is -0.384. The summed E-state index contributed by atoms with van der Waals surface area (Å²) in [4.78, 5) is 10.6. The molecule has 146 valence electrons. The van der Waals surface area contributed by atoms with E-state index in [4.69, 9.17) is 23.2 Å². The molecule has 4 rings (SSSR count). The van der Waals surface area contributed by atoms with Gasteiger partial charge in [0.05, 0.1) is 27.2 Å². The van der Waals surface area contributed by atoms with Gasteiger partial charge in [-0.3, -0.25) is 10.1 Å². The number of nitro benzene ring substituents is 1. The van der Waals surface area contributed by atoms with Gasteiger partial charge in [0.25, 0.3) is 5.69 Å². The predicted molar refractivity (Wildman–Crippen MR) is 101 cm³/mol. The Kier molecular flexibility index (Phi) is 4.55. The van der Waals surface area contributed by atoms with Crippen molar-refractivity contribution in [2.24, 2.45) is 5.92 Å². The summed E-state index contributed by atoms with van der Waals surface area (Å²) in [7, 11) is 0. The van der Waals surface area contributed by atoms with Gasteiger partial charge in [-0.1, -0.05) is 35.4 Å². The number of alkyl halides is 3. The van der Waals surface area contributed by atoms with Crippen LogP contribution in [0, 0.1) is 16.0 Å². The first-order valence-corrected chi connectivity index (χ1v) is 9.20. The first-order valence-electron chi connectivity index (χ1n) is 8.45. The molecule has 1 aliphatic heterocycles. The summed E-state index contributed by atoms with van der Waals surface area (Å²) in [6.07, 6.45) is -0.433. The zero-order valence-corrected chi connectivity index (χ0v) is 15.6. The van der Waals surface area contributed by atoms with E-state index in [0.717, 1.165) is 6.07 Å². The molecular formula is C19H13Cl2F3N2O2. The number of hydrogen-bond acceptors (Lipinski definition) is 3. The maximum absolute atomic E-state index is 13.6. The van der Waals surface area contributed by atoms with E-state index in [1.165, 1.54) is 24.3 Å². The minimum absolute atomic E-state index is 0.108. The summed E-state index contributed by atoms with van der Waals surface area (Å²) in [5.74, 6) is -0.793. The standard InChI is InChI=1S/C19H13Cl2F3N2O2/c20-14-6-4-9(26(27)28)8-12(14)17-11-3-1-2-10(11)16-13(19(22,23)24)5-7-15(21)18(16)25-17/h1-2,4-8,10-11,17,25H,3H2/t10-,11-,17-/m1/s1. The molecule has 0 saturated heterocycles. The minimum atomic E-state index is -4.52. The smallest absolute Gasteiger partial charge is 0.376 e. The van der Waals surface area contributed by atoms with Crippen LogP contribution in [-0.2, 0) is 6.18 Å². The highest BCUT2D eigenvalue weighted by Gasteiger charge is 2.45. The second-order valence-corrected chi connectivity index (χ2v) is 7.63. The van der Waals surface area contributed by atoms with Gasteiger partial charge >= 0.3 is 6.18 Å². The second kappa shape index (κ2) is 6.67. The summed E-state index contributed by atoms with van der Waals surface area (Å²) in [5.41, 5.74) is -0.101. The Bertz CT molecular complexity index is 1010. The van der Waals surface area contributed by atoms with Crippen LogP contribution in [0.1, 0.15) is 35.1 Å². The summed E-state index contributed by atoms with van der Waals surface area (Å²) < 4.78 is 40.8. The maximum atomic E-state index is 13.6. The highest BCUT2D eigenvalue weighted by atomic mass is 35.5. The van der Waals surface area contributed by atoms with E-state index in [-0.39, 0.29) is 27.9 Å². The van der Waals surface area contributed by atoms with Crippen LogP contribution in [0.2, 0.25) is 10.0 Å². The van der Waals surface area contributed by atoms with E-state index in [0.29, 0.717) is 17.0 Å². The van der Waals surface area contributed by atoms with Crippen LogP contribution >= 0.6 is 23.2 Å². The van der Waals surface area contributed by atoms with Gasteiger partial charge in [-0.2, -0.15) is 13.2 Å². The van der Waals surface area contributed by atoms with Crippen LogP contribution < -0.4 is 5.32 Å². The first-order chi connectivity index (χ1) is 13.2. The average molecular weight is 429 g/mol. The van der Waals surface area contributed by atoms with E-state index >= 15 is 0 Å². The van der Waals surface area contributed by atoms with E-state index in [1.54, 1.807) is 6.08 Å². The molecule has 0 amide bonds. The molecule has 0 fully saturated rings. The Hall–Kier alpha value is -2.25. The number of benzene rings is 2. The number of nitrogens with zero attached hydrogens (tertiary/aromatic N) is 1. The fourth-order valence-electron chi connectivity index (χ4n) is 4.11. The lowest BCUT2D eigenvalue weighted by Gasteiger charge is -2.39. The van der Waals surface area contributed by atoms with Crippen LogP contribution in [0.4, 0.5) is 24.5 Å². The Morgan fingerprint density at radius 2 is 1.86 bits per heavy atom. The molecule has 1 heterocycles. The lowest BCUT2D eigenvalue weighted by atomic mass is 9.75. The molecule has 28 heavy (non-hydrogen) atoms. The normalized spacial score (nSPS) is 23.1. The summed E-state index contributed by atoms with van der Waals surface area (Å²) in [5, 5.41) is 14.7. The van der Waals surface area contributed by atoms with E-state index in [9.17, 15) is 23.3 Å². The summed E-state index contributed by atoms with van der Waals surface area (Å²) >= 11 is 12.5. The van der Waals surface area contributed by atoms with Crippen molar-refractivity contribution in [3.63, 3.8) is 0 Å². The van der Waals surface area contributed by atoms with Gasteiger partial charge in [-0.25, -0.2) is 0 Å². The third-order valence-electron chi connectivity index (χ3n) is 5.30. The molecule has 1 N–H and O–H groups in total. The van der Waals surface area contributed by atoms with E-state index < -0.39 is 28.6 Å². The van der Waals surface area contributed by atoms with Crippen molar-refractivity contribution in [2.75, 3.05) is 5.32 Å². The number of anilines is 1. The number of rotatable bonds is 2. The van der Waals surface area contributed by atoms with Crippen molar-refractivity contribution in [1.29, 1.82) is 0 Å². The Morgan fingerprint density at radius 1 is 1.14 bits per heavy atom. The van der Waals surface area contributed by atoms with Gasteiger partial charge in [0.2, 0.25) is 0 Å². The lowest BCUT2D eigenvalue weighted by Crippen LogP contribution is -2.31. The quantitative estimate of drug-likeness (QED) is 0.327. The van der Waals surface area contributed by atoms with Crippen LogP contribution in [0.25, 0.3) is 0 Å². The van der Waals surface area contributed by atoms with Crippen molar-refractivity contribution >= 4 is 34.6 Å². The number of nitro groups is 1. The predicted octanol–water partition coefficient (Wildman–Crippen LogP) is 6.75. The molecule has 9 heteroatoms. The summed E-state index contributed by atoms with van der Waals surface area (Å²) in [6, 6.07) is 5.77. The molecule has 0 spiro atoms. The van der Waals surface area contributed by atoms with Gasteiger partial charge in [0, 0.05) is 28.6 Å². The third kappa shape index (κ3) is 3.02. The molecule has 2 aromatic rings. The van der Waals surface area contributed by atoms with E-state index in [1.807, 2.05) is 6.08 Å². The largest absolute Gasteiger partial charge is 0.416 e. The van der Waals surface area contributed by atoms with Crippen LogP contribution in [-0.4, -0.2) is 4.92 Å². The number of non-ortho nitro benzene ring substituents is 1. The topological polar surface area (TPSA) is 55.2 Å². The van der Waals surface area contributed by atoms with Crippen molar-refractivity contribution in [1.82, 2.24) is 0 Å². The Labute approximate surface area is 168 Å². The molecule has 1 aliphatic carbocycles. The summed E-state index contributed by atoms with van der Waals surface area (Å²) in [6.45, 7) is 0. The number of fused-ring (bicyclic) bond motifs is 3. The van der Waals surface area contributed by atoms with Crippen molar-refractivity contribution < 1.29 is 18.1 Å². The van der Waals surface area contributed by atoms with Gasteiger partial charge < -0.3 is 5.32 Å². The highest BCUT2D eigenvalue weighted by Crippen LogP contribution is 2.55. The molecule has 4 nitrogen and oxygen atoms in total. The fraction of sp³-hybridized carbons (Fsp3) is 0.263. The zero-order valence-electron chi connectivity index (χ0n) is 14.1.